The number of methoxy groups -OCH3 is 1. The maximum Gasteiger partial charge on any atom is 0.311 e. The standard InChI is InChI=1S/C20H25N3O4S/c1-22(2)11-10-15-4-7-17(8-5-15)21-20(24)14-28-13-16-6-9-19(27-3)18(12-16)23(25)26/h4-9,12H,10-11,13-14H2,1-3H3,(H,21,24). The number of nitrogens with zero attached hydrogens (tertiary/aromatic N) is 2. The summed E-state index contributed by atoms with van der Waals surface area (Å²) in [7, 11) is 5.47. The van der Waals surface area contributed by atoms with Crippen molar-refractivity contribution in [1.82, 2.24) is 4.90 Å². The van der Waals surface area contributed by atoms with Crippen LogP contribution in [0.4, 0.5) is 11.4 Å². The minimum absolute atomic E-state index is 0.0700. The molecule has 0 aliphatic rings. The van der Waals surface area contributed by atoms with Gasteiger partial charge in [0.2, 0.25) is 5.91 Å². The lowest BCUT2D eigenvalue weighted by molar-refractivity contribution is -0.385. The molecule has 0 saturated heterocycles. The number of carbonyl (C=O) groups excluding carboxylic acids is 1. The largest absolute Gasteiger partial charge is 0.490 e. The van der Waals surface area contributed by atoms with Gasteiger partial charge in [-0.25, -0.2) is 0 Å². The first kappa shape index (κ1) is 21.7. The predicted molar refractivity (Wildman–Crippen MR) is 113 cm³/mol. The highest BCUT2D eigenvalue weighted by Crippen LogP contribution is 2.29. The van der Waals surface area contributed by atoms with Crippen molar-refractivity contribution >= 4 is 29.0 Å². The molecule has 0 fully saturated rings. The monoisotopic (exact) mass is 403 g/mol. The van der Waals surface area contributed by atoms with Gasteiger partial charge in [-0.2, -0.15) is 0 Å². The average Bonchev–Trinajstić information content (AvgIpc) is 2.67. The number of nitro benzene ring substituents is 1. The molecule has 28 heavy (non-hydrogen) atoms. The highest BCUT2D eigenvalue weighted by molar-refractivity contribution is 7.99. The summed E-state index contributed by atoms with van der Waals surface area (Å²) in [6.07, 6.45) is 0.963. The van der Waals surface area contributed by atoms with E-state index in [9.17, 15) is 14.9 Å². The molecule has 0 bridgehead atoms. The van der Waals surface area contributed by atoms with E-state index >= 15 is 0 Å². The normalized spacial score (nSPS) is 10.7. The molecule has 0 radical (unpaired) electrons. The van der Waals surface area contributed by atoms with Crippen molar-refractivity contribution in [2.24, 2.45) is 0 Å². The Morgan fingerprint density at radius 2 is 1.86 bits per heavy atom. The summed E-state index contributed by atoms with van der Waals surface area (Å²) in [5.41, 5.74) is 2.69. The number of thioether (sulfide) groups is 1. The van der Waals surface area contributed by atoms with E-state index in [-0.39, 0.29) is 23.1 Å². The van der Waals surface area contributed by atoms with Crippen LogP contribution in [0.15, 0.2) is 42.5 Å². The molecule has 0 spiro atoms. The molecule has 1 amide bonds. The van der Waals surface area contributed by atoms with Gasteiger partial charge in [0.15, 0.2) is 5.75 Å². The van der Waals surface area contributed by atoms with Crippen molar-refractivity contribution in [2.45, 2.75) is 12.2 Å². The van der Waals surface area contributed by atoms with Gasteiger partial charge in [0.1, 0.15) is 0 Å². The highest BCUT2D eigenvalue weighted by atomic mass is 32.2. The van der Waals surface area contributed by atoms with E-state index in [0.29, 0.717) is 5.75 Å². The molecular weight excluding hydrogens is 378 g/mol. The molecule has 0 aromatic heterocycles. The second-order valence-corrected chi connectivity index (χ2v) is 7.54. The number of ether oxygens (including phenoxy) is 1. The molecule has 0 aliphatic heterocycles. The van der Waals surface area contributed by atoms with Crippen LogP contribution in [0.3, 0.4) is 0 Å². The zero-order valence-corrected chi connectivity index (χ0v) is 17.1. The second-order valence-electron chi connectivity index (χ2n) is 6.55. The smallest absolute Gasteiger partial charge is 0.311 e. The van der Waals surface area contributed by atoms with Crippen LogP contribution >= 0.6 is 11.8 Å². The lowest BCUT2D eigenvalue weighted by Crippen LogP contribution is -2.15. The van der Waals surface area contributed by atoms with Crippen LogP contribution in [0.1, 0.15) is 11.1 Å². The SMILES string of the molecule is COc1ccc(CSCC(=O)Nc2ccc(CCN(C)C)cc2)cc1[N+](=O)[O-]. The van der Waals surface area contributed by atoms with Gasteiger partial charge in [-0.1, -0.05) is 18.2 Å². The fourth-order valence-electron chi connectivity index (χ4n) is 2.53. The van der Waals surface area contributed by atoms with Gasteiger partial charge < -0.3 is 15.0 Å². The van der Waals surface area contributed by atoms with Crippen molar-refractivity contribution in [3.05, 3.63) is 63.7 Å². The van der Waals surface area contributed by atoms with Gasteiger partial charge >= 0.3 is 5.69 Å². The number of benzene rings is 2. The molecule has 0 saturated carbocycles. The van der Waals surface area contributed by atoms with E-state index in [4.69, 9.17) is 4.74 Å². The average molecular weight is 404 g/mol. The van der Waals surface area contributed by atoms with Crippen molar-refractivity contribution in [3.63, 3.8) is 0 Å². The van der Waals surface area contributed by atoms with Crippen molar-refractivity contribution in [2.75, 3.05) is 38.8 Å². The molecule has 2 aromatic carbocycles. The van der Waals surface area contributed by atoms with Gasteiger partial charge in [0.25, 0.3) is 0 Å². The van der Waals surface area contributed by atoms with Gasteiger partial charge in [0.05, 0.1) is 17.8 Å². The Hall–Kier alpha value is -2.58. The van der Waals surface area contributed by atoms with Crippen LogP contribution in [0, 0.1) is 10.1 Å². The predicted octanol–water partition coefficient (Wildman–Crippen LogP) is 3.58. The molecule has 1 N–H and O–H groups in total. The molecule has 2 rings (SSSR count). The topological polar surface area (TPSA) is 84.7 Å². The highest BCUT2D eigenvalue weighted by Gasteiger charge is 2.15. The maximum atomic E-state index is 12.1. The van der Waals surface area contributed by atoms with Gasteiger partial charge in [0, 0.05) is 24.1 Å². The van der Waals surface area contributed by atoms with Crippen LogP contribution in [0.2, 0.25) is 0 Å². The number of carbonyl (C=O) groups is 1. The van der Waals surface area contributed by atoms with E-state index in [1.807, 2.05) is 38.4 Å². The molecule has 150 valence electrons. The number of anilines is 1. The Balaban J connectivity index is 1.81. The van der Waals surface area contributed by atoms with E-state index in [1.54, 1.807) is 12.1 Å². The van der Waals surface area contributed by atoms with Gasteiger partial charge in [-0.05, 0) is 49.8 Å². The Kier molecular flexibility index (Phi) is 8.28. The fourth-order valence-corrected chi connectivity index (χ4v) is 3.31. The molecule has 0 aliphatic carbocycles. The first-order valence-corrected chi connectivity index (χ1v) is 9.97. The third-order valence-corrected chi connectivity index (χ3v) is 5.03. The summed E-state index contributed by atoms with van der Waals surface area (Å²) in [5.74, 6) is 0.892. The molecule has 0 unspecified atom stereocenters. The molecule has 7 nitrogen and oxygen atoms in total. The Bertz CT molecular complexity index is 810. The molecule has 0 heterocycles. The van der Waals surface area contributed by atoms with E-state index in [2.05, 4.69) is 10.2 Å². The maximum absolute atomic E-state index is 12.1. The zero-order valence-electron chi connectivity index (χ0n) is 16.3. The summed E-state index contributed by atoms with van der Waals surface area (Å²) in [4.78, 5) is 24.8. The number of hydrogen-bond donors (Lipinski definition) is 1. The molecule has 0 atom stereocenters. The van der Waals surface area contributed by atoms with Crippen LogP contribution in [0.25, 0.3) is 0 Å². The number of amides is 1. The minimum atomic E-state index is -0.470. The Labute approximate surface area is 169 Å². The zero-order chi connectivity index (χ0) is 20.5. The van der Waals surface area contributed by atoms with Crippen LogP contribution < -0.4 is 10.1 Å². The van der Waals surface area contributed by atoms with E-state index < -0.39 is 4.92 Å². The number of rotatable bonds is 10. The number of nitro groups is 1. The summed E-state index contributed by atoms with van der Waals surface area (Å²) in [6.45, 7) is 0.978. The van der Waals surface area contributed by atoms with Crippen LogP contribution in [-0.4, -0.2) is 49.2 Å². The molecule has 8 heteroatoms. The number of hydrogen-bond acceptors (Lipinski definition) is 6. The van der Waals surface area contributed by atoms with Crippen molar-refractivity contribution in [1.29, 1.82) is 0 Å². The lowest BCUT2D eigenvalue weighted by Gasteiger charge is -2.10. The third-order valence-electron chi connectivity index (χ3n) is 4.03. The quantitative estimate of drug-likeness (QED) is 0.482. The Morgan fingerprint density at radius 3 is 2.46 bits per heavy atom. The minimum Gasteiger partial charge on any atom is -0.490 e. The number of nitrogens with one attached hydrogen (secondary N) is 1. The summed E-state index contributed by atoms with van der Waals surface area (Å²) < 4.78 is 4.99. The number of likely N-dealkylation sites (N-methyl/N-ethyl adjacent to an activating group) is 1. The third kappa shape index (κ3) is 6.86. The Morgan fingerprint density at radius 1 is 1.18 bits per heavy atom. The van der Waals surface area contributed by atoms with Crippen LogP contribution in [-0.2, 0) is 17.0 Å². The lowest BCUT2D eigenvalue weighted by atomic mass is 10.1. The van der Waals surface area contributed by atoms with Crippen molar-refractivity contribution in [3.8, 4) is 5.75 Å². The van der Waals surface area contributed by atoms with E-state index in [1.165, 1.54) is 30.5 Å². The first-order chi connectivity index (χ1) is 13.4. The summed E-state index contributed by atoms with van der Waals surface area (Å²) in [5, 5.41) is 13.9. The van der Waals surface area contributed by atoms with Gasteiger partial charge in [-0.3, -0.25) is 14.9 Å². The fraction of sp³-hybridized carbons (Fsp3) is 0.350. The van der Waals surface area contributed by atoms with Crippen molar-refractivity contribution < 1.29 is 14.5 Å². The van der Waals surface area contributed by atoms with E-state index in [0.717, 1.165) is 24.2 Å². The molecular formula is C20H25N3O4S. The van der Waals surface area contributed by atoms with Gasteiger partial charge in [-0.15, -0.1) is 11.8 Å². The summed E-state index contributed by atoms with van der Waals surface area (Å²) in [6, 6.07) is 12.7. The molecule has 2 aromatic rings. The summed E-state index contributed by atoms with van der Waals surface area (Å²) >= 11 is 1.40. The second kappa shape index (κ2) is 10.7. The first-order valence-electron chi connectivity index (χ1n) is 8.81. The van der Waals surface area contributed by atoms with Crippen LogP contribution in [0.5, 0.6) is 5.75 Å².